The zero-order valence-corrected chi connectivity index (χ0v) is 6.85. The van der Waals surface area contributed by atoms with Gasteiger partial charge >= 0.3 is 5.24 Å². The molecule has 0 aliphatic rings. The Kier molecular flexibility index (Phi) is 4.22. The normalized spacial score (nSPS) is 12.7. The number of rotatable bonds is 2. The summed E-state index contributed by atoms with van der Waals surface area (Å²) in [5.41, 5.74) is 0. The fourth-order valence-corrected chi connectivity index (χ4v) is 1.07. The van der Waals surface area contributed by atoms with Crippen molar-refractivity contribution in [3.63, 3.8) is 0 Å². The molecule has 0 spiro atoms. The number of amides is 1. The standard InChI is InChI=1S/C5H11NO3S/c1-3-6(4-2)5(7)10(8)9/h3-4H2,1-2H3,(H,8,9). The molecular formula is C5H11NO3S. The number of hydrogen-bond donors (Lipinski definition) is 1. The molecule has 1 atom stereocenters. The topological polar surface area (TPSA) is 57.6 Å². The van der Waals surface area contributed by atoms with E-state index >= 15 is 0 Å². The molecule has 0 aromatic carbocycles. The van der Waals surface area contributed by atoms with Crippen molar-refractivity contribution in [1.82, 2.24) is 4.90 Å². The molecule has 0 saturated carbocycles. The summed E-state index contributed by atoms with van der Waals surface area (Å²) in [5, 5.41) is -0.718. The molecule has 0 heterocycles. The van der Waals surface area contributed by atoms with E-state index in [1.54, 1.807) is 13.8 Å². The second-order valence-electron chi connectivity index (χ2n) is 1.69. The minimum atomic E-state index is -2.35. The highest BCUT2D eigenvalue weighted by Crippen LogP contribution is 1.92. The Morgan fingerprint density at radius 3 is 2.00 bits per heavy atom. The molecule has 5 heteroatoms. The van der Waals surface area contributed by atoms with E-state index in [9.17, 15) is 9.00 Å². The lowest BCUT2D eigenvalue weighted by atomic mass is 10.6. The van der Waals surface area contributed by atoms with Crippen molar-refractivity contribution < 1.29 is 13.6 Å². The summed E-state index contributed by atoms with van der Waals surface area (Å²) >= 11 is -2.35. The van der Waals surface area contributed by atoms with Crippen LogP contribution in [0.3, 0.4) is 0 Å². The second-order valence-corrected chi connectivity index (χ2v) is 2.53. The summed E-state index contributed by atoms with van der Waals surface area (Å²) in [7, 11) is 0. The molecule has 10 heavy (non-hydrogen) atoms. The third-order valence-corrected chi connectivity index (χ3v) is 1.73. The van der Waals surface area contributed by atoms with Crippen molar-refractivity contribution in [2.75, 3.05) is 13.1 Å². The quantitative estimate of drug-likeness (QED) is 0.612. The third kappa shape index (κ3) is 2.45. The Morgan fingerprint density at radius 2 is 1.90 bits per heavy atom. The first-order chi connectivity index (χ1) is 4.63. The molecule has 0 fully saturated rings. The van der Waals surface area contributed by atoms with Gasteiger partial charge in [-0.2, -0.15) is 0 Å². The van der Waals surface area contributed by atoms with Gasteiger partial charge in [0.1, 0.15) is 0 Å². The SMILES string of the molecule is CCN(CC)C(=O)S(=O)O. The van der Waals surface area contributed by atoms with Crippen LogP contribution in [0.4, 0.5) is 4.79 Å². The smallest absolute Gasteiger partial charge is 0.330 e. The zero-order chi connectivity index (χ0) is 8.15. The van der Waals surface area contributed by atoms with Gasteiger partial charge in [-0.3, -0.25) is 9.35 Å². The second kappa shape index (κ2) is 4.40. The van der Waals surface area contributed by atoms with Gasteiger partial charge in [0.15, 0.2) is 0 Å². The first kappa shape index (κ1) is 9.58. The minimum Gasteiger partial charge on any atom is -0.330 e. The molecule has 0 saturated heterocycles. The van der Waals surface area contributed by atoms with Gasteiger partial charge in [0.25, 0.3) is 0 Å². The summed E-state index contributed by atoms with van der Waals surface area (Å²) in [6.45, 7) is 4.46. The van der Waals surface area contributed by atoms with Crippen LogP contribution in [0.2, 0.25) is 0 Å². The molecule has 1 N–H and O–H groups in total. The van der Waals surface area contributed by atoms with Gasteiger partial charge in [0, 0.05) is 13.1 Å². The van der Waals surface area contributed by atoms with Crippen LogP contribution in [0.1, 0.15) is 13.8 Å². The third-order valence-electron chi connectivity index (χ3n) is 1.17. The van der Waals surface area contributed by atoms with Crippen molar-refractivity contribution in [2.24, 2.45) is 0 Å². The van der Waals surface area contributed by atoms with Gasteiger partial charge in [0.2, 0.25) is 11.1 Å². The molecule has 0 radical (unpaired) electrons. The predicted octanol–water partition coefficient (Wildman–Crippen LogP) is 0.670. The lowest BCUT2D eigenvalue weighted by Crippen LogP contribution is -2.31. The van der Waals surface area contributed by atoms with E-state index in [2.05, 4.69) is 0 Å². The van der Waals surface area contributed by atoms with Crippen molar-refractivity contribution in [1.29, 1.82) is 0 Å². The van der Waals surface area contributed by atoms with Crippen molar-refractivity contribution >= 4 is 16.3 Å². The zero-order valence-electron chi connectivity index (χ0n) is 6.03. The Balaban J connectivity index is 4.02. The molecule has 0 aromatic rings. The number of carbonyl (C=O) groups excluding carboxylic acids is 1. The molecule has 0 aliphatic carbocycles. The van der Waals surface area contributed by atoms with Gasteiger partial charge in [-0.1, -0.05) is 0 Å². The Hall–Kier alpha value is -0.420. The highest BCUT2D eigenvalue weighted by Gasteiger charge is 2.14. The van der Waals surface area contributed by atoms with Crippen molar-refractivity contribution in [3.8, 4) is 0 Å². The summed E-state index contributed by atoms with van der Waals surface area (Å²) in [4.78, 5) is 12.0. The van der Waals surface area contributed by atoms with Crippen LogP contribution in [0.5, 0.6) is 0 Å². The molecule has 60 valence electrons. The van der Waals surface area contributed by atoms with E-state index in [-0.39, 0.29) is 0 Å². The Labute approximate surface area is 62.5 Å². The van der Waals surface area contributed by atoms with E-state index in [0.29, 0.717) is 13.1 Å². The average molecular weight is 165 g/mol. The molecule has 0 aromatic heterocycles. The van der Waals surface area contributed by atoms with Gasteiger partial charge in [-0.05, 0) is 13.8 Å². The van der Waals surface area contributed by atoms with E-state index in [4.69, 9.17) is 4.55 Å². The maximum Gasteiger partial charge on any atom is 0.338 e. The highest BCUT2D eigenvalue weighted by molar-refractivity contribution is 7.95. The van der Waals surface area contributed by atoms with Crippen molar-refractivity contribution in [2.45, 2.75) is 13.8 Å². The van der Waals surface area contributed by atoms with Crippen LogP contribution in [-0.2, 0) is 11.1 Å². The monoisotopic (exact) mass is 165 g/mol. The summed E-state index contributed by atoms with van der Waals surface area (Å²) in [6.07, 6.45) is 0. The van der Waals surface area contributed by atoms with Crippen LogP contribution in [0.15, 0.2) is 0 Å². The number of hydrogen-bond acceptors (Lipinski definition) is 2. The first-order valence-corrected chi connectivity index (χ1v) is 4.13. The molecule has 0 bridgehead atoms. The summed E-state index contributed by atoms with van der Waals surface area (Å²) in [5.74, 6) is 0. The number of nitrogens with zero attached hydrogens (tertiary/aromatic N) is 1. The molecular weight excluding hydrogens is 154 g/mol. The van der Waals surface area contributed by atoms with E-state index in [0.717, 1.165) is 0 Å². The van der Waals surface area contributed by atoms with Crippen LogP contribution >= 0.6 is 0 Å². The van der Waals surface area contributed by atoms with Crippen LogP contribution in [0.25, 0.3) is 0 Å². The van der Waals surface area contributed by atoms with Crippen LogP contribution in [0, 0.1) is 0 Å². The first-order valence-electron chi connectivity index (χ1n) is 3.03. The molecule has 1 amide bonds. The largest absolute Gasteiger partial charge is 0.338 e. The maximum atomic E-state index is 10.7. The van der Waals surface area contributed by atoms with E-state index in [1.165, 1.54) is 4.90 Å². The maximum absolute atomic E-state index is 10.7. The highest BCUT2D eigenvalue weighted by atomic mass is 32.2. The Morgan fingerprint density at radius 1 is 1.50 bits per heavy atom. The van der Waals surface area contributed by atoms with Gasteiger partial charge in [-0.25, -0.2) is 4.21 Å². The van der Waals surface area contributed by atoms with Gasteiger partial charge in [0.05, 0.1) is 0 Å². The Bertz CT molecular complexity index is 144. The summed E-state index contributed by atoms with van der Waals surface area (Å²) in [6, 6.07) is 0. The summed E-state index contributed by atoms with van der Waals surface area (Å²) < 4.78 is 18.5. The molecule has 4 nitrogen and oxygen atoms in total. The van der Waals surface area contributed by atoms with Gasteiger partial charge < -0.3 is 4.90 Å². The van der Waals surface area contributed by atoms with Crippen molar-refractivity contribution in [3.05, 3.63) is 0 Å². The van der Waals surface area contributed by atoms with Gasteiger partial charge in [-0.15, -0.1) is 0 Å². The van der Waals surface area contributed by atoms with E-state index < -0.39 is 16.3 Å². The predicted molar refractivity (Wildman–Crippen MR) is 39.1 cm³/mol. The lowest BCUT2D eigenvalue weighted by Gasteiger charge is -2.14. The fraction of sp³-hybridized carbons (Fsp3) is 0.800. The van der Waals surface area contributed by atoms with Crippen LogP contribution in [-0.4, -0.2) is 32.0 Å². The van der Waals surface area contributed by atoms with Crippen LogP contribution < -0.4 is 0 Å². The number of carbonyl (C=O) groups is 1. The minimum absolute atomic E-state index is 0.474. The lowest BCUT2D eigenvalue weighted by molar-refractivity contribution is 0.225. The fourth-order valence-electron chi connectivity index (χ4n) is 0.592. The molecule has 0 rings (SSSR count). The molecule has 1 unspecified atom stereocenters. The molecule has 0 aliphatic heterocycles. The van der Waals surface area contributed by atoms with E-state index in [1.807, 2.05) is 0 Å². The average Bonchev–Trinajstić information content (AvgIpc) is 1.90.